The van der Waals surface area contributed by atoms with Crippen LogP contribution in [0, 0.1) is 0 Å². The molecule has 0 spiro atoms. The summed E-state index contributed by atoms with van der Waals surface area (Å²) in [6.45, 7) is -0.638. The molecule has 0 N–H and O–H groups in total. The first-order valence-electron chi connectivity index (χ1n) is 8.04. The molecule has 2 aromatic rings. The molecule has 2 amide bonds. The fraction of sp³-hybridized carbons (Fsp3) is 0.105. The molecule has 0 aromatic heterocycles. The van der Waals surface area contributed by atoms with Crippen molar-refractivity contribution in [2.24, 2.45) is 0 Å². The minimum atomic E-state index is -1.37. The lowest BCUT2D eigenvalue weighted by molar-refractivity contribution is -0.307. The lowest BCUT2D eigenvalue weighted by Crippen LogP contribution is -2.29. The van der Waals surface area contributed by atoms with Crippen molar-refractivity contribution in [3.05, 3.63) is 56.4 Å². The number of hydrogen-bond acceptors (Lipinski definition) is 7. The second kappa shape index (κ2) is 8.89. The van der Waals surface area contributed by atoms with E-state index >= 15 is 0 Å². The molecule has 1 heterocycles. The molecule has 10 heteroatoms. The third-order valence-electron chi connectivity index (χ3n) is 3.78. The van der Waals surface area contributed by atoms with E-state index in [4.69, 9.17) is 21.1 Å². The maximum absolute atomic E-state index is 12.8. The van der Waals surface area contributed by atoms with Crippen molar-refractivity contribution in [3.63, 3.8) is 0 Å². The lowest BCUT2D eigenvalue weighted by Gasteiger charge is -2.13. The van der Waals surface area contributed by atoms with E-state index in [1.807, 2.05) is 0 Å². The Morgan fingerprint density at radius 3 is 2.69 bits per heavy atom. The highest BCUT2D eigenvalue weighted by molar-refractivity contribution is 9.10. The van der Waals surface area contributed by atoms with Gasteiger partial charge in [-0.1, -0.05) is 33.6 Å². The SMILES string of the molecule is COc1cc(/C=C2\SC(=O)N(c3cccc(Cl)c3)C2=O)c(Br)cc1OCC(=O)[O-]. The van der Waals surface area contributed by atoms with Crippen molar-refractivity contribution in [1.82, 2.24) is 0 Å². The molecule has 1 saturated heterocycles. The summed E-state index contributed by atoms with van der Waals surface area (Å²) in [6, 6.07) is 9.51. The molecule has 2 aromatic carbocycles. The highest BCUT2D eigenvalue weighted by Gasteiger charge is 2.36. The van der Waals surface area contributed by atoms with Crippen LogP contribution < -0.4 is 19.5 Å². The number of hydrogen-bond donors (Lipinski definition) is 0. The van der Waals surface area contributed by atoms with Crippen LogP contribution >= 0.6 is 39.3 Å². The molecule has 0 saturated carbocycles. The van der Waals surface area contributed by atoms with Gasteiger partial charge in [0.1, 0.15) is 6.61 Å². The summed E-state index contributed by atoms with van der Waals surface area (Å²) >= 11 is 10.1. The summed E-state index contributed by atoms with van der Waals surface area (Å²) in [5, 5.41) is 10.6. The predicted molar refractivity (Wildman–Crippen MR) is 111 cm³/mol. The minimum Gasteiger partial charge on any atom is -0.546 e. The van der Waals surface area contributed by atoms with Crippen LogP contribution in [0.4, 0.5) is 10.5 Å². The quantitative estimate of drug-likeness (QED) is 0.564. The largest absolute Gasteiger partial charge is 0.546 e. The van der Waals surface area contributed by atoms with Crippen LogP contribution in [-0.2, 0) is 9.59 Å². The third-order valence-corrected chi connectivity index (χ3v) is 5.57. The number of anilines is 1. The van der Waals surface area contributed by atoms with E-state index < -0.39 is 23.7 Å². The Kier molecular flexibility index (Phi) is 6.51. The van der Waals surface area contributed by atoms with Crippen LogP contribution in [0.25, 0.3) is 6.08 Å². The summed E-state index contributed by atoms with van der Waals surface area (Å²) in [4.78, 5) is 37.0. The van der Waals surface area contributed by atoms with Gasteiger partial charge in [-0.05, 0) is 53.7 Å². The molecule has 0 bridgehead atoms. The number of aliphatic carboxylic acids is 1. The first kappa shape index (κ1) is 21.2. The third kappa shape index (κ3) is 4.75. The Balaban J connectivity index is 1.92. The molecule has 150 valence electrons. The van der Waals surface area contributed by atoms with E-state index in [0.29, 0.717) is 20.7 Å². The number of thioether (sulfide) groups is 1. The smallest absolute Gasteiger partial charge is 0.298 e. The summed E-state index contributed by atoms with van der Waals surface area (Å²) < 4.78 is 10.9. The van der Waals surface area contributed by atoms with E-state index in [9.17, 15) is 19.5 Å². The number of benzene rings is 2. The van der Waals surface area contributed by atoms with E-state index in [1.165, 1.54) is 25.3 Å². The second-order valence-electron chi connectivity index (χ2n) is 5.68. The molecule has 1 fully saturated rings. The highest BCUT2D eigenvalue weighted by Crippen LogP contribution is 2.39. The van der Waals surface area contributed by atoms with Crippen LogP contribution in [0.2, 0.25) is 5.02 Å². The van der Waals surface area contributed by atoms with Gasteiger partial charge >= 0.3 is 0 Å². The number of halogens is 2. The molecule has 0 atom stereocenters. The fourth-order valence-electron chi connectivity index (χ4n) is 2.52. The van der Waals surface area contributed by atoms with Crippen LogP contribution in [0.15, 0.2) is 45.8 Å². The second-order valence-corrected chi connectivity index (χ2v) is 7.97. The number of methoxy groups -OCH3 is 1. The van der Waals surface area contributed by atoms with Crippen molar-refractivity contribution in [2.45, 2.75) is 0 Å². The summed E-state index contributed by atoms with van der Waals surface area (Å²) in [7, 11) is 1.39. The fourth-order valence-corrected chi connectivity index (χ4v) is 3.97. The van der Waals surface area contributed by atoms with Gasteiger partial charge in [-0.3, -0.25) is 9.59 Å². The standard InChI is InChI=1S/C19H13BrClNO6S/c1-27-14-5-10(13(20)8-15(14)28-9-17(23)24)6-16-18(25)22(19(26)29-16)12-4-2-3-11(21)7-12/h2-8H,9H2,1H3,(H,23,24)/p-1/b16-6-. The minimum absolute atomic E-state index is 0.188. The zero-order valence-corrected chi connectivity index (χ0v) is 18.0. The van der Waals surface area contributed by atoms with Gasteiger partial charge in [0, 0.05) is 9.50 Å². The van der Waals surface area contributed by atoms with Crippen molar-refractivity contribution in [1.29, 1.82) is 0 Å². The van der Waals surface area contributed by atoms with Crippen molar-refractivity contribution in [2.75, 3.05) is 18.6 Å². The first-order chi connectivity index (χ1) is 13.8. The highest BCUT2D eigenvalue weighted by atomic mass is 79.9. The van der Waals surface area contributed by atoms with Gasteiger partial charge in [-0.15, -0.1) is 0 Å². The van der Waals surface area contributed by atoms with Gasteiger partial charge < -0.3 is 19.4 Å². The number of carbonyl (C=O) groups is 3. The average molecular weight is 498 g/mol. The molecule has 0 radical (unpaired) electrons. The van der Waals surface area contributed by atoms with E-state index in [2.05, 4.69) is 15.9 Å². The molecule has 1 aliphatic rings. The topological polar surface area (TPSA) is 96.0 Å². The number of ether oxygens (including phenoxy) is 2. The number of imide groups is 1. The number of rotatable bonds is 6. The van der Waals surface area contributed by atoms with Crippen molar-refractivity contribution >= 4 is 68.2 Å². The van der Waals surface area contributed by atoms with Crippen molar-refractivity contribution < 1.29 is 29.0 Å². The van der Waals surface area contributed by atoms with E-state index in [0.717, 1.165) is 16.7 Å². The molecule has 29 heavy (non-hydrogen) atoms. The number of amides is 2. The molecule has 1 aliphatic heterocycles. The average Bonchev–Trinajstić information content (AvgIpc) is 2.94. The van der Waals surface area contributed by atoms with Gasteiger partial charge in [-0.25, -0.2) is 4.90 Å². The van der Waals surface area contributed by atoms with Crippen LogP contribution in [-0.4, -0.2) is 30.8 Å². The van der Waals surface area contributed by atoms with Crippen LogP contribution in [0.1, 0.15) is 5.56 Å². The zero-order chi connectivity index (χ0) is 21.1. The summed E-state index contributed by atoms with van der Waals surface area (Å²) in [5.41, 5.74) is 0.922. The Morgan fingerprint density at radius 1 is 1.28 bits per heavy atom. The molecule has 0 aliphatic carbocycles. The van der Waals surface area contributed by atoms with Crippen LogP contribution in [0.5, 0.6) is 11.5 Å². The normalized spacial score (nSPS) is 15.1. The van der Waals surface area contributed by atoms with Gasteiger partial charge in [-0.2, -0.15) is 0 Å². The molecule has 7 nitrogen and oxygen atoms in total. The Bertz CT molecular complexity index is 1040. The van der Waals surface area contributed by atoms with E-state index in [1.54, 1.807) is 24.3 Å². The van der Waals surface area contributed by atoms with Gasteiger partial charge in [0.25, 0.3) is 11.1 Å². The maximum atomic E-state index is 12.8. The molecular weight excluding hydrogens is 486 g/mol. The van der Waals surface area contributed by atoms with E-state index in [-0.39, 0.29) is 16.4 Å². The molecule has 3 rings (SSSR count). The first-order valence-corrected chi connectivity index (χ1v) is 10.0. The van der Waals surface area contributed by atoms with Gasteiger partial charge in [0.2, 0.25) is 0 Å². The van der Waals surface area contributed by atoms with Gasteiger partial charge in [0.05, 0.1) is 23.7 Å². The Labute approximate surface area is 183 Å². The lowest BCUT2D eigenvalue weighted by atomic mass is 10.1. The Hall–Kier alpha value is -2.49. The monoisotopic (exact) mass is 496 g/mol. The number of carboxylic acids is 1. The number of carbonyl (C=O) groups excluding carboxylic acids is 3. The van der Waals surface area contributed by atoms with Crippen LogP contribution in [0.3, 0.4) is 0 Å². The number of carboxylic acid groups (broad SMARTS) is 1. The molecule has 0 unspecified atom stereocenters. The summed E-state index contributed by atoms with van der Waals surface area (Å²) in [6.07, 6.45) is 1.53. The maximum Gasteiger partial charge on any atom is 0.298 e. The molecular formula is C19H12BrClNO6S-. The van der Waals surface area contributed by atoms with Gasteiger partial charge in [0.15, 0.2) is 11.5 Å². The van der Waals surface area contributed by atoms with Crippen molar-refractivity contribution in [3.8, 4) is 11.5 Å². The zero-order valence-electron chi connectivity index (χ0n) is 14.8. The number of nitrogens with zero attached hydrogens (tertiary/aromatic N) is 1. The Morgan fingerprint density at radius 2 is 2.03 bits per heavy atom. The summed E-state index contributed by atoms with van der Waals surface area (Å²) in [5.74, 6) is -1.41. The predicted octanol–water partition coefficient (Wildman–Crippen LogP) is 3.48.